The summed E-state index contributed by atoms with van der Waals surface area (Å²) in [6.45, 7) is 4.23. The fourth-order valence-corrected chi connectivity index (χ4v) is 2.86. The largest absolute Gasteiger partial charge is 0.369 e. The van der Waals surface area contributed by atoms with Crippen LogP contribution in [0.4, 0.5) is 5.95 Å². The Morgan fingerprint density at radius 3 is 2.71 bits per heavy atom. The summed E-state index contributed by atoms with van der Waals surface area (Å²) in [4.78, 5) is 9.04. The van der Waals surface area contributed by atoms with E-state index in [0.29, 0.717) is 5.95 Å². The maximum Gasteiger partial charge on any atom is 0.202 e. The van der Waals surface area contributed by atoms with Crippen molar-refractivity contribution in [3.05, 3.63) is 17.8 Å². The fourth-order valence-electron chi connectivity index (χ4n) is 2.86. The van der Waals surface area contributed by atoms with Crippen LogP contribution in [0, 0.1) is 6.92 Å². The molecule has 1 aliphatic carbocycles. The minimum absolute atomic E-state index is 0.166. The maximum absolute atomic E-state index is 6.09. The Labute approximate surface area is 101 Å². The Bertz CT molecular complexity index is 561. The predicted molar refractivity (Wildman–Crippen MR) is 68.8 cm³/mol. The van der Waals surface area contributed by atoms with E-state index in [2.05, 4.69) is 21.5 Å². The Morgan fingerprint density at radius 1 is 1.35 bits per heavy atom. The van der Waals surface area contributed by atoms with Crippen molar-refractivity contribution in [3.8, 4) is 0 Å². The lowest BCUT2D eigenvalue weighted by atomic mass is 9.74. The van der Waals surface area contributed by atoms with Gasteiger partial charge in [0.1, 0.15) is 5.52 Å². The molecule has 17 heavy (non-hydrogen) atoms. The van der Waals surface area contributed by atoms with Crippen molar-refractivity contribution in [1.82, 2.24) is 14.5 Å². The molecule has 0 radical (unpaired) electrons. The lowest BCUT2D eigenvalue weighted by molar-refractivity contribution is 0.144. The highest BCUT2D eigenvalue weighted by Crippen LogP contribution is 2.44. The number of pyridine rings is 1. The van der Waals surface area contributed by atoms with Gasteiger partial charge in [-0.15, -0.1) is 0 Å². The van der Waals surface area contributed by atoms with Gasteiger partial charge in [0.2, 0.25) is 5.95 Å². The number of nitrogens with two attached hydrogens (primary N) is 1. The molecule has 0 bridgehead atoms. The number of aromatic nitrogens is 3. The summed E-state index contributed by atoms with van der Waals surface area (Å²) >= 11 is 0. The van der Waals surface area contributed by atoms with E-state index in [9.17, 15) is 0 Å². The van der Waals surface area contributed by atoms with Gasteiger partial charge in [-0.1, -0.05) is 6.92 Å². The monoisotopic (exact) mass is 230 g/mol. The molecule has 3 rings (SSSR count). The summed E-state index contributed by atoms with van der Waals surface area (Å²) in [7, 11) is 0. The van der Waals surface area contributed by atoms with Crippen molar-refractivity contribution >= 4 is 17.1 Å². The molecule has 0 spiro atoms. The number of rotatable bonds is 2. The van der Waals surface area contributed by atoms with E-state index >= 15 is 0 Å². The SMILES string of the molecule is CCC1(n2c(N)nc3ccc(C)nc32)CCC1. The average molecular weight is 230 g/mol. The van der Waals surface area contributed by atoms with E-state index in [1.54, 1.807) is 0 Å². The molecule has 2 heterocycles. The minimum atomic E-state index is 0.166. The standard InChI is InChI=1S/C13H18N4/c1-3-13(7-4-8-13)17-11-10(16-12(17)14)6-5-9(2)15-11/h5-6H,3-4,7-8H2,1-2H3,(H2,14,16). The summed E-state index contributed by atoms with van der Waals surface area (Å²) in [6.07, 6.45) is 4.75. The number of imidazole rings is 1. The number of nitrogen functional groups attached to an aromatic ring is 1. The molecule has 0 saturated heterocycles. The molecule has 0 unspecified atom stereocenters. The Hall–Kier alpha value is -1.58. The molecule has 1 aliphatic rings. The van der Waals surface area contributed by atoms with Gasteiger partial charge in [-0.2, -0.15) is 0 Å². The van der Waals surface area contributed by atoms with Crippen LogP contribution in [0.3, 0.4) is 0 Å². The smallest absolute Gasteiger partial charge is 0.202 e. The van der Waals surface area contributed by atoms with Gasteiger partial charge in [0, 0.05) is 11.2 Å². The first-order valence-electron chi connectivity index (χ1n) is 6.28. The first kappa shape index (κ1) is 10.6. The second kappa shape index (κ2) is 3.45. The molecule has 2 N–H and O–H groups in total. The number of aryl methyl sites for hydroxylation is 1. The van der Waals surface area contributed by atoms with Gasteiger partial charge in [-0.3, -0.25) is 4.57 Å². The third-order valence-corrected chi connectivity index (χ3v) is 4.09. The predicted octanol–water partition coefficient (Wildman–Crippen LogP) is 2.61. The third-order valence-electron chi connectivity index (χ3n) is 4.09. The molecule has 2 aromatic rings. The van der Waals surface area contributed by atoms with E-state index < -0.39 is 0 Å². The van der Waals surface area contributed by atoms with Gasteiger partial charge in [0.15, 0.2) is 5.65 Å². The van der Waals surface area contributed by atoms with Gasteiger partial charge in [-0.05, 0) is 44.7 Å². The number of nitrogens with zero attached hydrogens (tertiary/aromatic N) is 3. The van der Waals surface area contributed by atoms with Crippen LogP contribution in [-0.4, -0.2) is 14.5 Å². The first-order chi connectivity index (χ1) is 8.16. The molecular weight excluding hydrogens is 212 g/mol. The lowest BCUT2D eigenvalue weighted by Gasteiger charge is -2.43. The number of fused-ring (bicyclic) bond motifs is 1. The number of anilines is 1. The van der Waals surface area contributed by atoms with E-state index in [4.69, 9.17) is 5.73 Å². The molecule has 0 amide bonds. The van der Waals surface area contributed by atoms with Crippen LogP contribution in [0.5, 0.6) is 0 Å². The van der Waals surface area contributed by atoms with Crippen molar-refractivity contribution in [2.75, 3.05) is 5.73 Å². The summed E-state index contributed by atoms with van der Waals surface area (Å²) in [5.74, 6) is 0.611. The average Bonchev–Trinajstić information content (AvgIpc) is 2.56. The summed E-state index contributed by atoms with van der Waals surface area (Å²) in [5.41, 5.74) is 9.13. The zero-order chi connectivity index (χ0) is 12.0. The topological polar surface area (TPSA) is 56.7 Å². The van der Waals surface area contributed by atoms with Crippen LogP contribution in [0.2, 0.25) is 0 Å². The third kappa shape index (κ3) is 1.36. The van der Waals surface area contributed by atoms with Gasteiger partial charge in [0.05, 0.1) is 0 Å². The molecule has 0 atom stereocenters. The molecule has 2 aromatic heterocycles. The molecule has 4 heteroatoms. The highest BCUT2D eigenvalue weighted by Gasteiger charge is 2.39. The van der Waals surface area contributed by atoms with Gasteiger partial charge in [0.25, 0.3) is 0 Å². The maximum atomic E-state index is 6.09. The number of hydrogen-bond acceptors (Lipinski definition) is 3. The second-order valence-corrected chi connectivity index (χ2v) is 5.03. The van der Waals surface area contributed by atoms with Crippen LogP contribution in [0.25, 0.3) is 11.2 Å². The fraction of sp³-hybridized carbons (Fsp3) is 0.538. The molecule has 1 saturated carbocycles. The van der Waals surface area contributed by atoms with E-state index in [1.807, 2.05) is 19.1 Å². The molecule has 1 fully saturated rings. The van der Waals surface area contributed by atoms with Crippen LogP contribution in [0.15, 0.2) is 12.1 Å². The van der Waals surface area contributed by atoms with E-state index in [1.165, 1.54) is 19.3 Å². The van der Waals surface area contributed by atoms with Gasteiger partial charge in [-0.25, -0.2) is 9.97 Å². The van der Waals surface area contributed by atoms with Crippen LogP contribution < -0.4 is 5.73 Å². The van der Waals surface area contributed by atoms with Gasteiger partial charge >= 0.3 is 0 Å². The highest BCUT2D eigenvalue weighted by molar-refractivity contribution is 5.74. The van der Waals surface area contributed by atoms with E-state index in [0.717, 1.165) is 23.3 Å². The molecule has 4 nitrogen and oxygen atoms in total. The Balaban J connectivity index is 2.27. The van der Waals surface area contributed by atoms with Crippen molar-refractivity contribution in [3.63, 3.8) is 0 Å². The number of hydrogen-bond donors (Lipinski definition) is 1. The van der Waals surface area contributed by atoms with Crippen molar-refractivity contribution < 1.29 is 0 Å². The first-order valence-corrected chi connectivity index (χ1v) is 6.28. The van der Waals surface area contributed by atoms with Crippen molar-refractivity contribution in [2.24, 2.45) is 0 Å². The lowest BCUT2D eigenvalue weighted by Crippen LogP contribution is -2.40. The Morgan fingerprint density at radius 2 is 2.12 bits per heavy atom. The zero-order valence-corrected chi connectivity index (χ0v) is 10.4. The second-order valence-electron chi connectivity index (χ2n) is 5.03. The summed E-state index contributed by atoms with van der Waals surface area (Å²) in [6, 6.07) is 3.99. The summed E-state index contributed by atoms with van der Waals surface area (Å²) < 4.78 is 2.17. The quantitative estimate of drug-likeness (QED) is 0.862. The van der Waals surface area contributed by atoms with Crippen LogP contribution >= 0.6 is 0 Å². The molecule has 0 aromatic carbocycles. The molecule has 0 aliphatic heterocycles. The van der Waals surface area contributed by atoms with Crippen molar-refractivity contribution in [2.45, 2.75) is 45.1 Å². The van der Waals surface area contributed by atoms with Crippen LogP contribution in [0.1, 0.15) is 38.3 Å². The molecular formula is C13H18N4. The highest BCUT2D eigenvalue weighted by atomic mass is 15.2. The van der Waals surface area contributed by atoms with E-state index in [-0.39, 0.29) is 5.54 Å². The Kier molecular flexibility index (Phi) is 2.15. The van der Waals surface area contributed by atoms with Crippen LogP contribution in [-0.2, 0) is 5.54 Å². The van der Waals surface area contributed by atoms with Crippen molar-refractivity contribution in [1.29, 1.82) is 0 Å². The zero-order valence-electron chi connectivity index (χ0n) is 10.4. The normalized spacial score (nSPS) is 18.2. The minimum Gasteiger partial charge on any atom is -0.369 e. The summed E-state index contributed by atoms with van der Waals surface area (Å²) in [5, 5.41) is 0. The molecule has 90 valence electrons. The van der Waals surface area contributed by atoms with Gasteiger partial charge < -0.3 is 5.73 Å².